The van der Waals surface area contributed by atoms with Gasteiger partial charge < -0.3 is 29.7 Å². The van der Waals surface area contributed by atoms with Gasteiger partial charge in [0.05, 0.1) is 36.6 Å². The van der Waals surface area contributed by atoms with Crippen LogP contribution in [0.25, 0.3) is 0 Å². The predicted molar refractivity (Wildman–Crippen MR) is 179 cm³/mol. The zero-order valence-electron chi connectivity index (χ0n) is 28.9. The van der Waals surface area contributed by atoms with Crippen molar-refractivity contribution >= 4 is 23.7 Å². The molecule has 3 aliphatic heterocycles. The van der Waals surface area contributed by atoms with Gasteiger partial charge in [0, 0.05) is 18.5 Å². The molecule has 1 aromatic rings. The van der Waals surface area contributed by atoms with E-state index in [0.717, 1.165) is 5.56 Å². The number of fused-ring (bicyclic) bond motifs is 1. The minimum atomic E-state index is -1.22. The second-order valence-electron chi connectivity index (χ2n) is 15.1. The van der Waals surface area contributed by atoms with Crippen molar-refractivity contribution in [2.75, 3.05) is 19.8 Å². The van der Waals surface area contributed by atoms with Crippen LogP contribution in [0.5, 0.6) is 0 Å². The number of nitrogens with zero attached hydrogens (tertiary/aromatic N) is 2. The second-order valence-corrected chi connectivity index (χ2v) is 15.1. The summed E-state index contributed by atoms with van der Waals surface area (Å²) in [5, 5.41) is 13.3. The molecule has 258 valence electrons. The van der Waals surface area contributed by atoms with E-state index in [1.54, 1.807) is 24.0 Å². The van der Waals surface area contributed by atoms with E-state index >= 15 is 0 Å². The number of rotatable bonds is 15. The van der Waals surface area contributed by atoms with Crippen LogP contribution in [0.4, 0.5) is 0 Å². The van der Waals surface area contributed by atoms with Crippen LogP contribution in [0.3, 0.4) is 0 Å². The minimum Gasteiger partial charge on any atom is -0.463 e. The number of esters is 1. The normalized spacial score (nSPS) is 26.4. The number of aliphatic hydroxyl groups is 1. The van der Waals surface area contributed by atoms with Crippen LogP contribution in [0, 0.1) is 17.3 Å². The van der Waals surface area contributed by atoms with Gasteiger partial charge in [0.2, 0.25) is 17.7 Å². The maximum absolute atomic E-state index is 14.8. The third-order valence-corrected chi connectivity index (χ3v) is 9.77. The molecule has 3 aliphatic rings. The second kappa shape index (κ2) is 14.3. The fraction of sp³-hybridized carbons (Fsp3) is 0.622. The first-order valence-electron chi connectivity index (χ1n) is 16.8. The average Bonchev–Trinajstić information content (AvgIpc) is 3.66. The SMILES string of the molecule is C=CCCC(=O)OC[C@@H](NC(=O)[C@@H]1[C@@H]2CC[C@]3(O2)[C@H](C(=O)N(CC=C)C(C)(C)CC(C)(C)C)N([C@H](C)CO)C(=O)[C@@H]13)c1ccccc1. The highest BCUT2D eigenvalue weighted by atomic mass is 16.5. The number of amides is 3. The van der Waals surface area contributed by atoms with Crippen LogP contribution in [0.2, 0.25) is 0 Å². The Morgan fingerprint density at radius 3 is 2.45 bits per heavy atom. The van der Waals surface area contributed by atoms with Crippen molar-refractivity contribution in [1.82, 2.24) is 15.1 Å². The quantitative estimate of drug-likeness (QED) is 0.214. The highest BCUT2D eigenvalue weighted by molar-refractivity contribution is 5.99. The van der Waals surface area contributed by atoms with E-state index in [1.807, 2.05) is 44.2 Å². The zero-order valence-corrected chi connectivity index (χ0v) is 28.9. The number of aliphatic hydroxyl groups excluding tert-OH is 1. The van der Waals surface area contributed by atoms with Crippen molar-refractivity contribution < 1.29 is 33.8 Å². The largest absolute Gasteiger partial charge is 0.463 e. The number of nitrogens with one attached hydrogen (secondary N) is 1. The number of allylic oxidation sites excluding steroid dienone is 1. The molecule has 3 heterocycles. The summed E-state index contributed by atoms with van der Waals surface area (Å²) in [6.07, 6.45) is 5.06. The number of benzene rings is 1. The van der Waals surface area contributed by atoms with Crippen LogP contribution in [0.1, 0.15) is 85.3 Å². The van der Waals surface area contributed by atoms with Gasteiger partial charge >= 0.3 is 5.97 Å². The Bertz CT molecular complexity index is 1340. The summed E-state index contributed by atoms with van der Waals surface area (Å²) in [7, 11) is 0. The number of carbonyl (C=O) groups excluding carboxylic acids is 4. The summed E-state index contributed by atoms with van der Waals surface area (Å²) in [5.41, 5.74) is -1.15. The van der Waals surface area contributed by atoms with Gasteiger partial charge in [-0.3, -0.25) is 19.2 Å². The van der Waals surface area contributed by atoms with Crippen LogP contribution >= 0.6 is 0 Å². The Morgan fingerprint density at radius 2 is 1.85 bits per heavy atom. The molecule has 4 rings (SSSR count). The molecule has 1 spiro atoms. The van der Waals surface area contributed by atoms with E-state index in [2.05, 4.69) is 39.2 Å². The van der Waals surface area contributed by atoms with E-state index in [0.29, 0.717) is 25.7 Å². The van der Waals surface area contributed by atoms with Gasteiger partial charge in [-0.25, -0.2) is 0 Å². The standard InChI is InChI=1S/C37H53N3O7/c1-9-11-17-28(42)46-22-26(25-15-13-12-14-16-25)38-32(43)29-27-18-19-37(47-27)30(29)33(44)40(24(3)21-41)31(37)34(45)39(20-10-2)36(7,8)23-35(4,5)6/h9-10,12-16,24,26-27,29-31,41H,1-2,11,17-23H2,3-8H3,(H,38,43)/t24-,26-,27+,29-,30-,31+,37-/m1/s1. The molecule has 0 aromatic heterocycles. The van der Waals surface area contributed by atoms with Crippen LogP contribution in [-0.4, -0.2) is 87.7 Å². The van der Waals surface area contributed by atoms with Crippen molar-refractivity contribution in [1.29, 1.82) is 0 Å². The fourth-order valence-corrected chi connectivity index (χ4v) is 8.18. The van der Waals surface area contributed by atoms with Gasteiger partial charge in [0.25, 0.3) is 0 Å². The van der Waals surface area contributed by atoms with Crippen molar-refractivity contribution in [3.05, 3.63) is 61.2 Å². The summed E-state index contributed by atoms with van der Waals surface area (Å²) in [6.45, 7) is 19.5. The number of likely N-dealkylation sites (tertiary alicyclic amines) is 1. The van der Waals surface area contributed by atoms with Gasteiger partial charge in [-0.1, -0.05) is 63.3 Å². The number of hydrogen-bond donors (Lipinski definition) is 2. The first-order valence-corrected chi connectivity index (χ1v) is 16.8. The van der Waals surface area contributed by atoms with Crippen molar-refractivity contribution in [3.63, 3.8) is 0 Å². The lowest BCUT2D eigenvalue weighted by Crippen LogP contribution is -2.62. The van der Waals surface area contributed by atoms with E-state index < -0.39 is 59.1 Å². The molecule has 2 bridgehead atoms. The topological polar surface area (TPSA) is 125 Å². The molecule has 3 saturated heterocycles. The third-order valence-electron chi connectivity index (χ3n) is 9.77. The van der Waals surface area contributed by atoms with Gasteiger partial charge in [-0.05, 0) is 57.4 Å². The van der Waals surface area contributed by atoms with Crippen molar-refractivity contribution in [2.24, 2.45) is 17.3 Å². The lowest BCUT2D eigenvalue weighted by atomic mass is 9.70. The Morgan fingerprint density at radius 1 is 1.17 bits per heavy atom. The minimum absolute atomic E-state index is 0.0815. The molecule has 2 N–H and O–H groups in total. The third kappa shape index (κ3) is 7.33. The van der Waals surface area contributed by atoms with Gasteiger partial charge in [-0.15, -0.1) is 13.2 Å². The molecule has 47 heavy (non-hydrogen) atoms. The van der Waals surface area contributed by atoms with E-state index in [-0.39, 0.29) is 43.4 Å². The van der Waals surface area contributed by atoms with E-state index in [4.69, 9.17) is 9.47 Å². The summed E-state index contributed by atoms with van der Waals surface area (Å²) >= 11 is 0. The molecule has 3 amide bonds. The zero-order chi connectivity index (χ0) is 34.7. The fourth-order valence-electron chi connectivity index (χ4n) is 8.18. The van der Waals surface area contributed by atoms with Gasteiger partial charge in [-0.2, -0.15) is 0 Å². The van der Waals surface area contributed by atoms with Crippen LogP contribution in [-0.2, 0) is 28.7 Å². The maximum atomic E-state index is 14.8. The van der Waals surface area contributed by atoms with Crippen molar-refractivity contribution in [3.8, 4) is 0 Å². The molecule has 0 radical (unpaired) electrons. The molecule has 1 aromatic carbocycles. The Labute approximate surface area is 279 Å². The molecular weight excluding hydrogens is 598 g/mol. The first-order chi connectivity index (χ1) is 22.1. The Kier molecular flexibility index (Phi) is 11.1. The van der Waals surface area contributed by atoms with E-state index in [1.165, 1.54) is 4.90 Å². The molecule has 7 atom stereocenters. The maximum Gasteiger partial charge on any atom is 0.306 e. The number of hydrogen-bond acceptors (Lipinski definition) is 7. The van der Waals surface area contributed by atoms with Crippen molar-refractivity contribution in [2.45, 2.75) is 109 Å². The molecule has 10 heteroatoms. The summed E-state index contributed by atoms with van der Waals surface area (Å²) in [5.74, 6) is -3.21. The Hall–Kier alpha value is -3.50. The van der Waals surface area contributed by atoms with Gasteiger partial charge in [0.1, 0.15) is 18.2 Å². The highest BCUT2D eigenvalue weighted by Crippen LogP contribution is 2.59. The molecular formula is C37H53N3O7. The van der Waals surface area contributed by atoms with E-state index in [9.17, 15) is 24.3 Å². The molecule has 10 nitrogen and oxygen atoms in total. The smallest absolute Gasteiger partial charge is 0.306 e. The molecule has 0 saturated carbocycles. The number of ether oxygens (including phenoxy) is 2. The van der Waals surface area contributed by atoms with Gasteiger partial charge in [0.15, 0.2) is 0 Å². The van der Waals surface area contributed by atoms with Crippen LogP contribution in [0.15, 0.2) is 55.6 Å². The highest BCUT2D eigenvalue weighted by Gasteiger charge is 2.75. The lowest BCUT2D eigenvalue weighted by Gasteiger charge is -2.46. The summed E-state index contributed by atoms with van der Waals surface area (Å²) < 4.78 is 12.2. The molecule has 0 unspecified atom stereocenters. The predicted octanol–water partition coefficient (Wildman–Crippen LogP) is 4.34. The average molecular weight is 652 g/mol. The number of carbonyl (C=O) groups is 4. The Balaban J connectivity index is 1.68. The first kappa shape index (κ1) is 36.3. The summed E-state index contributed by atoms with van der Waals surface area (Å²) in [4.78, 5) is 59.0. The lowest BCUT2D eigenvalue weighted by molar-refractivity contribution is -0.155. The summed E-state index contributed by atoms with van der Waals surface area (Å²) in [6, 6.07) is 6.87. The van der Waals surface area contributed by atoms with Crippen LogP contribution < -0.4 is 5.32 Å². The molecule has 0 aliphatic carbocycles. The monoisotopic (exact) mass is 651 g/mol. The molecule has 3 fully saturated rings.